The highest BCUT2D eigenvalue weighted by molar-refractivity contribution is 5.82. The summed E-state index contributed by atoms with van der Waals surface area (Å²) in [5.41, 5.74) is 0.861. The molecule has 1 aliphatic heterocycles. The Labute approximate surface area is 153 Å². The van der Waals surface area contributed by atoms with Gasteiger partial charge in [0.2, 0.25) is 0 Å². The van der Waals surface area contributed by atoms with Crippen molar-refractivity contribution in [2.24, 2.45) is 0 Å². The lowest BCUT2D eigenvalue weighted by molar-refractivity contribution is -0.152. The van der Waals surface area contributed by atoms with Gasteiger partial charge in [0.1, 0.15) is 13.2 Å². The van der Waals surface area contributed by atoms with E-state index < -0.39 is 12.1 Å². The van der Waals surface area contributed by atoms with Gasteiger partial charge in [0.15, 0.2) is 6.61 Å². The topological polar surface area (TPSA) is 76.2 Å². The number of esters is 1. The highest BCUT2D eigenvalue weighted by atomic mass is 16.6. The van der Waals surface area contributed by atoms with Crippen molar-refractivity contribution in [2.45, 2.75) is 32.3 Å². The molecular formula is C19H26N2O5. The number of rotatable bonds is 6. The Morgan fingerprint density at radius 3 is 2.31 bits per heavy atom. The standard InChI is InChI=1S/C19H26N2O5/c1-20(19(24)26-14-16-9-5-4-6-10-16)13-18(23)25-15-17(22)21-11-7-2-3-8-12-21/h4-6,9-10H,2-3,7-8,11-15H2,1H3. The normalized spacial score (nSPS) is 14.3. The minimum absolute atomic E-state index is 0.131. The molecule has 1 aromatic carbocycles. The second-order valence-corrected chi connectivity index (χ2v) is 6.35. The quantitative estimate of drug-likeness (QED) is 0.725. The van der Waals surface area contributed by atoms with Gasteiger partial charge in [0, 0.05) is 20.1 Å². The SMILES string of the molecule is CN(CC(=O)OCC(=O)N1CCCCCC1)C(=O)OCc1ccccc1. The van der Waals surface area contributed by atoms with Gasteiger partial charge in [-0.05, 0) is 18.4 Å². The molecule has 0 saturated carbocycles. The molecule has 0 aromatic heterocycles. The van der Waals surface area contributed by atoms with Crippen LogP contribution < -0.4 is 0 Å². The predicted octanol–water partition coefficient (Wildman–Crippen LogP) is 2.20. The Morgan fingerprint density at radius 1 is 1.00 bits per heavy atom. The molecule has 0 N–H and O–H groups in total. The van der Waals surface area contributed by atoms with Crippen molar-refractivity contribution in [1.29, 1.82) is 0 Å². The molecule has 0 spiro atoms. The predicted molar refractivity (Wildman–Crippen MR) is 95.3 cm³/mol. The van der Waals surface area contributed by atoms with Crippen molar-refractivity contribution in [2.75, 3.05) is 33.3 Å². The van der Waals surface area contributed by atoms with Gasteiger partial charge in [-0.25, -0.2) is 4.79 Å². The third-order valence-electron chi connectivity index (χ3n) is 4.20. The lowest BCUT2D eigenvalue weighted by Gasteiger charge is -2.20. The van der Waals surface area contributed by atoms with E-state index in [1.807, 2.05) is 30.3 Å². The minimum atomic E-state index is -0.632. The van der Waals surface area contributed by atoms with Crippen LogP contribution in [0.4, 0.5) is 4.79 Å². The number of carbonyl (C=O) groups excluding carboxylic acids is 3. The van der Waals surface area contributed by atoms with Crippen LogP contribution in [0.25, 0.3) is 0 Å². The molecule has 0 bridgehead atoms. The highest BCUT2D eigenvalue weighted by Gasteiger charge is 2.19. The summed E-state index contributed by atoms with van der Waals surface area (Å²) in [6.45, 7) is 1.00. The largest absolute Gasteiger partial charge is 0.454 e. The van der Waals surface area contributed by atoms with Gasteiger partial charge in [-0.15, -0.1) is 0 Å². The van der Waals surface area contributed by atoms with Crippen LogP contribution in [0.5, 0.6) is 0 Å². The van der Waals surface area contributed by atoms with Crippen molar-refractivity contribution in [3.63, 3.8) is 0 Å². The van der Waals surface area contributed by atoms with E-state index in [-0.39, 0.29) is 25.7 Å². The molecule has 1 fully saturated rings. The van der Waals surface area contributed by atoms with Gasteiger partial charge in [0.05, 0.1) is 0 Å². The summed E-state index contributed by atoms with van der Waals surface area (Å²) < 4.78 is 10.1. The van der Waals surface area contributed by atoms with E-state index in [4.69, 9.17) is 9.47 Å². The number of nitrogens with zero attached hydrogens (tertiary/aromatic N) is 2. The summed E-state index contributed by atoms with van der Waals surface area (Å²) in [6.07, 6.45) is 3.59. The number of amides is 2. The van der Waals surface area contributed by atoms with Gasteiger partial charge in [-0.2, -0.15) is 0 Å². The maximum absolute atomic E-state index is 12.1. The van der Waals surface area contributed by atoms with Crippen molar-refractivity contribution in [3.05, 3.63) is 35.9 Å². The molecule has 7 nitrogen and oxygen atoms in total. The van der Waals surface area contributed by atoms with Crippen LogP contribution in [0, 0.1) is 0 Å². The zero-order valence-electron chi connectivity index (χ0n) is 15.2. The lowest BCUT2D eigenvalue weighted by atomic mass is 10.2. The third-order valence-corrected chi connectivity index (χ3v) is 4.20. The Morgan fingerprint density at radius 2 is 1.65 bits per heavy atom. The molecule has 142 valence electrons. The summed E-state index contributed by atoms with van der Waals surface area (Å²) in [5, 5.41) is 0. The van der Waals surface area contributed by atoms with Crippen LogP contribution in [0.2, 0.25) is 0 Å². The van der Waals surface area contributed by atoms with Crippen LogP contribution >= 0.6 is 0 Å². The molecule has 0 unspecified atom stereocenters. The van der Waals surface area contributed by atoms with Gasteiger partial charge in [-0.1, -0.05) is 43.2 Å². The van der Waals surface area contributed by atoms with Crippen LogP contribution in [0.3, 0.4) is 0 Å². The molecule has 26 heavy (non-hydrogen) atoms. The smallest absolute Gasteiger partial charge is 0.410 e. The molecule has 2 rings (SSSR count). The third kappa shape index (κ3) is 6.74. The zero-order chi connectivity index (χ0) is 18.8. The van der Waals surface area contributed by atoms with Crippen LogP contribution in [-0.4, -0.2) is 61.1 Å². The highest BCUT2D eigenvalue weighted by Crippen LogP contribution is 2.09. The second-order valence-electron chi connectivity index (χ2n) is 6.35. The van der Waals surface area contributed by atoms with Gasteiger partial charge >= 0.3 is 12.1 Å². The Balaban J connectivity index is 1.67. The number of hydrogen-bond donors (Lipinski definition) is 0. The zero-order valence-corrected chi connectivity index (χ0v) is 15.2. The van der Waals surface area contributed by atoms with Crippen molar-refractivity contribution in [3.8, 4) is 0 Å². The van der Waals surface area contributed by atoms with E-state index in [0.29, 0.717) is 13.1 Å². The maximum atomic E-state index is 12.1. The van der Waals surface area contributed by atoms with Crippen molar-refractivity contribution >= 4 is 18.0 Å². The Bertz CT molecular complexity index is 597. The molecule has 1 heterocycles. The molecule has 1 aromatic rings. The van der Waals surface area contributed by atoms with Crippen LogP contribution in [-0.2, 0) is 25.7 Å². The van der Waals surface area contributed by atoms with E-state index in [2.05, 4.69) is 0 Å². The van der Waals surface area contributed by atoms with Gasteiger partial charge < -0.3 is 19.3 Å². The number of ether oxygens (including phenoxy) is 2. The van der Waals surface area contributed by atoms with Gasteiger partial charge in [0.25, 0.3) is 5.91 Å². The fourth-order valence-electron chi connectivity index (χ4n) is 2.69. The van der Waals surface area contributed by atoms with E-state index in [0.717, 1.165) is 36.1 Å². The first kappa shape index (κ1) is 19.8. The van der Waals surface area contributed by atoms with Crippen molar-refractivity contribution < 1.29 is 23.9 Å². The monoisotopic (exact) mass is 362 g/mol. The molecule has 7 heteroatoms. The molecule has 0 atom stereocenters. The summed E-state index contributed by atoms with van der Waals surface area (Å²) in [7, 11) is 1.45. The Hall–Kier alpha value is -2.57. The summed E-state index contributed by atoms with van der Waals surface area (Å²) in [4.78, 5) is 38.7. The molecule has 0 radical (unpaired) electrons. The molecule has 0 aliphatic carbocycles. The molecular weight excluding hydrogens is 336 g/mol. The summed E-state index contributed by atoms with van der Waals surface area (Å²) in [6, 6.07) is 9.27. The fourth-order valence-corrected chi connectivity index (χ4v) is 2.69. The summed E-state index contributed by atoms with van der Waals surface area (Å²) >= 11 is 0. The average molecular weight is 362 g/mol. The van der Waals surface area contributed by atoms with E-state index in [1.165, 1.54) is 7.05 Å². The first-order chi connectivity index (χ1) is 12.6. The Kier molecular flexibility index (Phi) is 7.92. The molecule has 1 aliphatic rings. The van der Waals surface area contributed by atoms with E-state index >= 15 is 0 Å². The second kappa shape index (κ2) is 10.4. The maximum Gasteiger partial charge on any atom is 0.410 e. The fraction of sp³-hybridized carbons (Fsp3) is 0.526. The van der Waals surface area contributed by atoms with Crippen LogP contribution in [0.15, 0.2) is 30.3 Å². The number of carbonyl (C=O) groups is 3. The number of likely N-dealkylation sites (tertiary alicyclic amines) is 1. The average Bonchev–Trinajstić information content (AvgIpc) is 2.94. The molecule has 1 saturated heterocycles. The number of hydrogen-bond acceptors (Lipinski definition) is 5. The molecule has 2 amide bonds. The van der Waals surface area contributed by atoms with Crippen LogP contribution in [0.1, 0.15) is 31.2 Å². The van der Waals surface area contributed by atoms with Gasteiger partial charge in [-0.3, -0.25) is 9.59 Å². The number of benzene rings is 1. The minimum Gasteiger partial charge on any atom is -0.454 e. The van der Waals surface area contributed by atoms with E-state index in [9.17, 15) is 14.4 Å². The van der Waals surface area contributed by atoms with Crippen molar-refractivity contribution in [1.82, 2.24) is 9.80 Å². The number of likely N-dealkylation sites (N-methyl/N-ethyl adjacent to an activating group) is 1. The summed E-state index contributed by atoms with van der Waals surface area (Å²) in [5.74, 6) is -0.818. The first-order valence-electron chi connectivity index (χ1n) is 8.91. The lowest BCUT2D eigenvalue weighted by Crippen LogP contribution is -2.37. The van der Waals surface area contributed by atoms with E-state index in [1.54, 1.807) is 4.90 Å². The first-order valence-corrected chi connectivity index (χ1v) is 8.91.